The molecule has 1 aromatic heterocycles. The van der Waals surface area contributed by atoms with Crippen LogP contribution in [-0.2, 0) is 12.5 Å². The van der Waals surface area contributed by atoms with E-state index in [9.17, 15) is 0 Å². The molecule has 0 spiro atoms. The standard InChI is InChI=1S/C9H15N3/c1-9(3-4-10-7-9)8-5-11-12(2)6-8/h5-6,10H,3-4,7H2,1-2H3. The highest BCUT2D eigenvalue weighted by molar-refractivity contribution is 5.20. The lowest BCUT2D eigenvalue weighted by atomic mass is 9.84. The highest BCUT2D eigenvalue weighted by Crippen LogP contribution is 2.29. The van der Waals surface area contributed by atoms with Crippen molar-refractivity contribution in [3.8, 4) is 0 Å². The van der Waals surface area contributed by atoms with Gasteiger partial charge in [0.05, 0.1) is 6.20 Å². The molecule has 2 heterocycles. The van der Waals surface area contributed by atoms with Crippen LogP contribution in [-0.4, -0.2) is 22.9 Å². The second-order valence-electron chi connectivity index (χ2n) is 3.89. The zero-order valence-electron chi connectivity index (χ0n) is 7.67. The number of aryl methyl sites for hydroxylation is 1. The van der Waals surface area contributed by atoms with Crippen molar-refractivity contribution in [1.82, 2.24) is 15.1 Å². The van der Waals surface area contributed by atoms with Crippen molar-refractivity contribution in [3.05, 3.63) is 18.0 Å². The molecule has 1 unspecified atom stereocenters. The summed E-state index contributed by atoms with van der Waals surface area (Å²) in [6.45, 7) is 4.51. The third-order valence-electron chi connectivity index (χ3n) is 2.77. The zero-order chi connectivity index (χ0) is 8.60. The first kappa shape index (κ1) is 7.80. The molecule has 1 aliphatic heterocycles. The molecular formula is C9H15N3. The van der Waals surface area contributed by atoms with Crippen molar-refractivity contribution in [1.29, 1.82) is 0 Å². The van der Waals surface area contributed by atoms with Gasteiger partial charge < -0.3 is 5.32 Å². The maximum Gasteiger partial charge on any atom is 0.0527 e. The molecule has 1 aromatic rings. The summed E-state index contributed by atoms with van der Waals surface area (Å²) in [4.78, 5) is 0. The van der Waals surface area contributed by atoms with Gasteiger partial charge >= 0.3 is 0 Å². The summed E-state index contributed by atoms with van der Waals surface area (Å²) in [6, 6.07) is 0. The molecular weight excluding hydrogens is 150 g/mol. The number of nitrogens with zero attached hydrogens (tertiary/aromatic N) is 2. The van der Waals surface area contributed by atoms with Crippen LogP contribution in [0.2, 0.25) is 0 Å². The monoisotopic (exact) mass is 165 g/mol. The summed E-state index contributed by atoms with van der Waals surface area (Å²) in [6.07, 6.45) is 5.32. The van der Waals surface area contributed by atoms with Gasteiger partial charge in [0.25, 0.3) is 0 Å². The van der Waals surface area contributed by atoms with E-state index in [0.29, 0.717) is 5.41 Å². The molecule has 0 aliphatic carbocycles. The number of rotatable bonds is 1. The molecule has 3 heteroatoms. The normalized spacial score (nSPS) is 29.5. The summed E-state index contributed by atoms with van der Waals surface area (Å²) in [5.74, 6) is 0. The average Bonchev–Trinajstić information content (AvgIpc) is 2.59. The van der Waals surface area contributed by atoms with E-state index in [2.05, 4.69) is 23.5 Å². The Balaban J connectivity index is 2.28. The average molecular weight is 165 g/mol. The molecule has 66 valence electrons. The van der Waals surface area contributed by atoms with Gasteiger partial charge in [-0.15, -0.1) is 0 Å². The van der Waals surface area contributed by atoms with Crippen molar-refractivity contribution < 1.29 is 0 Å². The number of hydrogen-bond acceptors (Lipinski definition) is 2. The molecule has 1 N–H and O–H groups in total. The van der Waals surface area contributed by atoms with E-state index in [-0.39, 0.29) is 0 Å². The lowest BCUT2D eigenvalue weighted by Gasteiger charge is -2.20. The fraction of sp³-hybridized carbons (Fsp3) is 0.667. The maximum absolute atomic E-state index is 4.20. The van der Waals surface area contributed by atoms with Gasteiger partial charge in [0.2, 0.25) is 0 Å². The van der Waals surface area contributed by atoms with E-state index in [1.165, 1.54) is 12.0 Å². The van der Waals surface area contributed by atoms with Gasteiger partial charge in [0, 0.05) is 25.2 Å². The summed E-state index contributed by atoms with van der Waals surface area (Å²) in [5, 5.41) is 7.58. The topological polar surface area (TPSA) is 29.9 Å². The van der Waals surface area contributed by atoms with Crippen LogP contribution in [0.4, 0.5) is 0 Å². The number of nitrogens with one attached hydrogen (secondary N) is 1. The summed E-state index contributed by atoms with van der Waals surface area (Å²) >= 11 is 0. The van der Waals surface area contributed by atoms with Gasteiger partial charge in [0.15, 0.2) is 0 Å². The minimum absolute atomic E-state index is 0.314. The highest BCUT2D eigenvalue weighted by Gasteiger charge is 2.31. The third kappa shape index (κ3) is 1.14. The first-order chi connectivity index (χ1) is 5.71. The molecule has 2 rings (SSSR count). The smallest absolute Gasteiger partial charge is 0.0527 e. The van der Waals surface area contributed by atoms with Crippen molar-refractivity contribution in [2.24, 2.45) is 7.05 Å². The molecule has 0 aromatic carbocycles. The lowest BCUT2D eigenvalue weighted by Crippen LogP contribution is -2.24. The quantitative estimate of drug-likeness (QED) is 0.663. The van der Waals surface area contributed by atoms with Crippen LogP contribution in [0.5, 0.6) is 0 Å². The van der Waals surface area contributed by atoms with E-state index >= 15 is 0 Å². The van der Waals surface area contributed by atoms with Crippen LogP contribution in [0.15, 0.2) is 12.4 Å². The molecule has 0 radical (unpaired) electrons. The Morgan fingerprint density at radius 1 is 1.67 bits per heavy atom. The van der Waals surface area contributed by atoms with E-state index in [1.807, 2.05) is 17.9 Å². The first-order valence-electron chi connectivity index (χ1n) is 4.41. The molecule has 1 atom stereocenters. The Morgan fingerprint density at radius 3 is 3.00 bits per heavy atom. The lowest BCUT2D eigenvalue weighted by molar-refractivity contribution is 0.524. The Hall–Kier alpha value is -0.830. The fourth-order valence-corrected chi connectivity index (χ4v) is 1.80. The second-order valence-corrected chi connectivity index (χ2v) is 3.89. The van der Waals surface area contributed by atoms with Crippen LogP contribution in [0.1, 0.15) is 18.9 Å². The molecule has 0 saturated carbocycles. The summed E-state index contributed by atoms with van der Waals surface area (Å²) < 4.78 is 1.87. The Bertz CT molecular complexity index is 271. The number of aromatic nitrogens is 2. The number of hydrogen-bond donors (Lipinski definition) is 1. The van der Waals surface area contributed by atoms with Crippen molar-refractivity contribution in [2.45, 2.75) is 18.8 Å². The molecule has 1 saturated heterocycles. The molecule has 1 aliphatic rings. The Morgan fingerprint density at radius 2 is 2.50 bits per heavy atom. The molecule has 1 fully saturated rings. The Kier molecular flexibility index (Phi) is 1.68. The predicted octanol–water partition coefficient (Wildman–Crippen LogP) is 0.671. The van der Waals surface area contributed by atoms with E-state index in [4.69, 9.17) is 0 Å². The second kappa shape index (κ2) is 2.59. The van der Waals surface area contributed by atoms with Gasteiger partial charge in [-0.25, -0.2) is 0 Å². The molecule has 12 heavy (non-hydrogen) atoms. The molecule has 0 bridgehead atoms. The van der Waals surface area contributed by atoms with Gasteiger partial charge in [0.1, 0.15) is 0 Å². The summed E-state index contributed by atoms with van der Waals surface area (Å²) in [5.41, 5.74) is 1.67. The predicted molar refractivity (Wildman–Crippen MR) is 48.0 cm³/mol. The molecule has 0 amide bonds. The first-order valence-corrected chi connectivity index (χ1v) is 4.41. The van der Waals surface area contributed by atoms with Crippen LogP contribution in [0, 0.1) is 0 Å². The minimum atomic E-state index is 0.314. The van der Waals surface area contributed by atoms with Gasteiger partial charge in [-0.2, -0.15) is 5.10 Å². The van der Waals surface area contributed by atoms with Gasteiger partial charge in [-0.3, -0.25) is 4.68 Å². The molecule has 3 nitrogen and oxygen atoms in total. The van der Waals surface area contributed by atoms with Crippen LogP contribution < -0.4 is 5.32 Å². The van der Waals surface area contributed by atoms with Gasteiger partial charge in [-0.1, -0.05) is 6.92 Å². The highest BCUT2D eigenvalue weighted by atomic mass is 15.2. The van der Waals surface area contributed by atoms with Crippen LogP contribution in [0.3, 0.4) is 0 Å². The fourth-order valence-electron chi connectivity index (χ4n) is 1.80. The van der Waals surface area contributed by atoms with E-state index in [0.717, 1.165) is 13.1 Å². The van der Waals surface area contributed by atoms with Gasteiger partial charge in [-0.05, 0) is 18.5 Å². The van der Waals surface area contributed by atoms with Crippen LogP contribution in [0.25, 0.3) is 0 Å². The van der Waals surface area contributed by atoms with Crippen molar-refractivity contribution in [3.63, 3.8) is 0 Å². The van der Waals surface area contributed by atoms with Crippen molar-refractivity contribution >= 4 is 0 Å². The SMILES string of the molecule is Cn1cc(C2(C)CCNC2)cn1. The largest absolute Gasteiger partial charge is 0.316 e. The van der Waals surface area contributed by atoms with E-state index < -0.39 is 0 Å². The minimum Gasteiger partial charge on any atom is -0.316 e. The van der Waals surface area contributed by atoms with E-state index in [1.54, 1.807) is 0 Å². The summed E-state index contributed by atoms with van der Waals surface area (Å²) in [7, 11) is 1.97. The Labute approximate surface area is 72.8 Å². The van der Waals surface area contributed by atoms with Crippen molar-refractivity contribution in [2.75, 3.05) is 13.1 Å². The maximum atomic E-state index is 4.20. The third-order valence-corrected chi connectivity index (χ3v) is 2.77. The van der Waals surface area contributed by atoms with Crippen LogP contribution >= 0.6 is 0 Å². The zero-order valence-corrected chi connectivity index (χ0v) is 7.67.